The smallest absolute Gasteiger partial charge is 0.323 e. The van der Waals surface area contributed by atoms with E-state index in [1.54, 1.807) is 12.1 Å². The molecular weight excluding hydrogens is 398 g/mol. The van der Waals surface area contributed by atoms with Crippen LogP contribution in [0.5, 0.6) is 0 Å². The van der Waals surface area contributed by atoms with Crippen LogP contribution < -0.4 is 0 Å². The van der Waals surface area contributed by atoms with Gasteiger partial charge in [0.05, 0.1) is 0 Å². The Morgan fingerprint density at radius 3 is 2.06 bits per heavy atom. The molecule has 31 heavy (non-hydrogen) atoms. The highest BCUT2D eigenvalue weighted by molar-refractivity contribution is 6.09. The number of hydrogen-bond acceptors (Lipinski definition) is 7. The molecule has 1 N–H and O–H groups in total. The third-order valence-corrected chi connectivity index (χ3v) is 4.95. The van der Waals surface area contributed by atoms with Crippen molar-refractivity contribution in [2.45, 2.75) is 12.8 Å². The lowest BCUT2D eigenvalue weighted by atomic mass is 9.99. The van der Waals surface area contributed by atoms with Crippen molar-refractivity contribution in [3.63, 3.8) is 0 Å². The number of H-pyrrole nitrogens is 1. The molecule has 9 nitrogen and oxygen atoms in total. The predicted octanol–water partition coefficient (Wildman–Crippen LogP) is 2.91. The second-order valence-corrected chi connectivity index (χ2v) is 6.90. The molecule has 0 spiro atoms. The highest BCUT2D eigenvalue weighted by atomic mass is 16.7. The first-order valence-electron chi connectivity index (χ1n) is 9.57. The Hall–Kier alpha value is -4.40. The van der Waals surface area contributed by atoms with E-state index in [9.17, 15) is 14.4 Å². The van der Waals surface area contributed by atoms with E-state index in [0.29, 0.717) is 32.9 Å². The molecule has 1 aliphatic heterocycles. The fourth-order valence-corrected chi connectivity index (χ4v) is 3.51. The van der Waals surface area contributed by atoms with E-state index < -0.39 is 17.8 Å². The van der Waals surface area contributed by atoms with E-state index in [-0.39, 0.29) is 18.5 Å². The minimum atomic E-state index is -0.926. The number of imide groups is 1. The van der Waals surface area contributed by atoms with Gasteiger partial charge in [0.15, 0.2) is 5.69 Å². The van der Waals surface area contributed by atoms with E-state index >= 15 is 0 Å². The maximum Gasteiger partial charge on any atom is 0.382 e. The lowest BCUT2D eigenvalue weighted by Gasteiger charge is -2.15. The standard InChI is InChI=1S/C22H15N5O4/c28-15-11-12-16(29)27(15)31-22(30)20-17(13-7-3-1-4-8-13)19-21(25-26-24-19)18(23-20)14-9-5-2-6-10-14/h1-10H,11-12H2,(H,24,25,26). The first-order chi connectivity index (χ1) is 15.1. The Kier molecular flexibility index (Phi) is 4.47. The molecule has 5 rings (SSSR count). The summed E-state index contributed by atoms with van der Waals surface area (Å²) < 4.78 is 0. The van der Waals surface area contributed by atoms with E-state index in [4.69, 9.17) is 4.84 Å². The van der Waals surface area contributed by atoms with Gasteiger partial charge >= 0.3 is 5.97 Å². The fourth-order valence-electron chi connectivity index (χ4n) is 3.51. The summed E-state index contributed by atoms with van der Waals surface area (Å²) in [6.45, 7) is 0. The molecule has 0 unspecified atom stereocenters. The number of carbonyl (C=O) groups excluding carboxylic acids is 3. The van der Waals surface area contributed by atoms with Crippen molar-refractivity contribution >= 4 is 28.8 Å². The summed E-state index contributed by atoms with van der Waals surface area (Å²) in [4.78, 5) is 46.8. The van der Waals surface area contributed by atoms with Crippen LogP contribution in [0.25, 0.3) is 33.4 Å². The molecule has 1 fully saturated rings. The SMILES string of the molecule is O=C(ON1C(=O)CCC1=O)c1nc(-c2ccccc2)c2n[nH]nc2c1-c1ccccc1. The molecular formula is C22H15N5O4. The maximum atomic E-state index is 13.1. The van der Waals surface area contributed by atoms with Gasteiger partial charge in [-0.05, 0) is 5.56 Å². The Balaban J connectivity index is 1.72. The molecule has 2 aromatic heterocycles. The highest BCUT2D eigenvalue weighted by Crippen LogP contribution is 2.35. The van der Waals surface area contributed by atoms with Crippen molar-refractivity contribution in [3.05, 3.63) is 66.4 Å². The van der Waals surface area contributed by atoms with Gasteiger partial charge < -0.3 is 4.84 Å². The van der Waals surface area contributed by atoms with Crippen molar-refractivity contribution in [1.82, 2.24) is 25.5 Å². The molecule has 2 amide bonds. The average Bonchev–Trinajstić information content (AvgIpc) is 3.41. The van der Waals surface area contributed by atoms with Crippen LogP contribution in [-0.2, 0) is 14.4 Å². The van der Waals surface area contributed by atoms with Crippen molar-refractivity contribution in [2.75, 3.05) is 0 Å². The van der Waals surface area contributed by atoms with Crippen LogP contribution in [0.1, 0.15) is 23.3 Å². The highest BCUT2D eigenvalue weighted by Gasteiger charge is 2.35. The van der Waals surface area contributed by atoms with Gasteiger partial charge in [0, 0.05) is 24.0 Å². The summed E-state index contributed by atoms with van der Waals surface area (Å²) in [7, 11) is 0. The first-order valence-corrected chi connectivity index (χ1v) is 9.57. The zero-order valence-electron chi connectivity index (χ0n) is 16.1. The lowest BCUT2D eigenvalue weighted by molar-refractivity contribution is -0.172. The third-order valence-electron chi connectivity index (χ3n) is 4.95. The maximum absolute atomic E-state index is 13.1. The summed E-state index contributed by atoms with van der Waals surface area (Å²) in [5.74, 6) is -2.06. The minimum absolute atomic E-state index is 0.00265. The molecule has 0 aliphatic carbocycles. The Labute approximate surface area is 175 Å². The number of nitrogens with zero attached hydrogens (tertiary/aromatic N) is 4. The van der Waals surface area contributed by atoms with Gasteiger partial charge in [0.2, 0.25) is 0 Å². The molecule has 0 atom stereocenters. The molecule has 1 saturated heterocycles. The number of benzene rings is 2. The summed E-state index contributed by atoms with van der Waals surface area (Å²) in [5.41, 5.74) is 3.05. The summed E-state index contributed by atoms with van der Waals surface area (Å²) in [6, 6.07) is 18.3. The van der Waals surface area contributed by atoms with Crippen molar-refractivity contribution in [3.8, 4) is 22.4 Å². The Morgan fingerprint density at radius 2 is 1.42 bits per heavy atom. The Bertz CT molecular complexity index is 1300. The van der Waals surface area contributed by atoms with E-state index in [0.717, 1.165) is 5.56 Å². The molecule has 2 aromatic carbocycles. The van der Waals surface area contributed by atoms with Gasteiger partial charge in [0.25, 0.3) is 11.8 Å². The fraction of sp³-hybridized carbons (Fsp3) is 0.0909. The van der Waals surface area contributed by atoms with Gasteiger partial charge in [-0.3, -0.25) is 9.59 Å². The number of carbonyl (C=O) groups is 3. The molecule has 152 valence electrons. The zero-order valence-corrected chi connectivity index (χ0v) is 16.1. The molecule has 4 aromatic rings. The number of rotatable bonds is 4. The lowest BCUT2D eigenvalue weighted by Crippen LogP contribution is -2.32. The molecule has 0 radical (unpaired) electrons. The number of fused-ring (bicyclic) bond motifs is 1. The predicted molar refractivity (Wildman–Crippen MR) is 109 cm³/mol. The number of nitrogens with one attached hydrogen (secondary N) is 1. The second-order valence-electron chi connectivity index (χ2n) is 6.90. The quantitative estimate of drug-likeness (QED) is 0.511. The number of aromatic amines is 1. The van der Waals surface area contributed by atoms with Gasteiger partial charge in [-0.2, -0.15) is 15.4 Å². The average molecular weight is 413 g/mol. The van der Waals surface area contributed by atoms with E-state index in [1.807, 2.05) is 48.5 Å². The topological polar surface area (TPSA) is 118 Å². The number of amides is 2. The van der Waals surface area contributed by atoms with Gasteiger partial charge in [0.1, 0.15) is 16.7 Å². The molecule has 0 saturated carbocycles. The largest absolute Gasteiger partial charge is 0.382 e. The molecule has 0 bridgehead atoms. The van der Waals surface area contributed by atoms with Gasteiger partial charge in [-0.25, -0.2) is 9.78 Å². The summed E-state index contributed by atoms with van der Waals surface area (Å²) in [5, 5.41) is 11.6. The van der Waals surface area contributed by atoms with Crippen LogP contribution in [0.3, 0.4) is 0 Å². The van der Waals surface area contributed by atoms with Crippen LogP contribution in [0, 0.1) is 0 Å². The molecule has 9 heteroatoms. The van der Waals surface area contributed by atoms with Crippen LogP contribution in [0.15, 0.2) is 60.7 Å². The number of pyridine rings is 1. The van der Waals surface area contributed by atoms with Crippen molar-refractivity contribution in [2.24, 2.45) is 0 Å². The first kappa shape index (κ1) is 18.6. The normalized spacial score (nSPS) is 13.7. The minimum Gasteiger partial charge on any atom is -0.323 e. The number of hydroxylamine groups is 2. The zero-order chi connectivity index (χ0) is 21.4. The molecule has 3 heterocycles. The van der Waals surface area contributed by atoms with Gasteiger partial charge in [-0.15, -0.1) is 5.06 Å². The summed E-state index contributed by atoms with van der Waals surface area (Å²) in [6.07, 6.45) is 0.00530. The number of hydrogen-bond donors (Lipinski definition) is 1. The molecule has 1 aliphatic rings. The van der Waals surface area contributed by atoms with Crippen LogP contribution in [0.4, 0.5) is 0 Å². The summed E-state index contributed by atoms with van der Waals surface area (Å²) >= 11 is 0. The second kappa shape index (κ2) is 7.45. The van der Waals surface area contributed by atoms with E-state index in [1.165, 1.54) is 0 Å². The monoisotopic (exact) mass is 413 g/mol. The van der Waals surface area contributed by atoms with Crippen LogP contribution in [-0.4, -0.2) is 43.2 Å². The van der Waals surface area contributed by atoms with Crippen molar-refractivity contribution < 1.29 is 19.2 Å². The number of aromatic nitrogens is 4. The van der Waals surface area contributed by atoms with E-state index in [2.05, 4.69) is 20.4 Å². The third kappa shape index (κ3) is 3.21. The van der Waals surface area contributed by atoms with Crippen molar-refractivity contribution in [1.29, 1.82) is 0 Å². The van der Waals surface area contributed by atoms with Gasteiger partial charge in [-0.1, -0.05) is 60.7 Å². The van der Waals surface area contributed by atoms with Crippen LogP contribution in [0.2, 0.25) is 0 Å². The van der Waals surface area contributed by atoms with Crippen LogP contribution >= 0.6 is 0 Å². The Morgan fingerprint density at radius 1 is 0.839 bits per heavy atom.